The highest BCUT2D eigenvalue weighted by Crippen LogP contribution is 2.38. The van der Waals surface area contributed by atoms with Gasteiger partial charge in [-0.2, -0.15) is 13.2 Å². The summed E-state index contributed by atoms with van der Waals surface area (Å²) >= 11 is 1.18. The van der Waals surface area contributed by atoms with Crippen LogP contribution in [0.2, 0.25) is 0 Å². The Morgan fingerprint density at radius 2 is 2.00 bits per heavy atom. The molecule has 2 N–H and O–H groups in total. The Morgan fingerprint density at radius 1 is 1.25 bits per heavy atom. The normalized spacial score (nSPS) is 12.2. The van der Waals surface area contributed by atoms with E-state index in [4.69, 9.17) is 5.73 Å². The van der Waals surface area contributed by atoms with Gasteiger partial charge in [0.15, 0.2) is 0 Å². The minimum Gasteiger partial charge on any atom is -0.330 e. The molecule has 2 aromatic rings. The second-order valence-corrected chi connectivity index (χ2v) is 4.61. The van der Waals surface area contributed by atoms with Gasteiger partial charge in [0.05, 0.1) is 5.56 Å². The van der Waals surface area contributed by atoms with Gasteiger partial charge in [0.25, 0.3) is 0 Å². The minimum atomic E-state index is -4.29. The fourth-order valence-corrected chi connectivity index (χ4v) is 2.81. The highest BCUT2D eigenvalue weighted by atomic mass is 32.1. The van der Waals surface area contributed by atoms with E-state index in [1.54, 1.807) is 12.1 Å². The third-order valence-electron chi connectivity index (χ3n) is 2.29. The number of halogens is 3. The minimum absolute atomic E-state index is 0.304. The van der Waals surface area contributed by atoms with Crippen molar-refractivity contribution >= 4 is 21.4 Å². The third kappa shape index (κ3) is 2.05. The van der Waals surface area contributed by atoms with Crippen LogP contribution in [0.4, 0.5) is 13.2 Å². The molecule has 0 fully saturated rings. The predicted octanol–water partition coefficient (Wildman–Crippen LogP) is 3.42. The van der Waals surface area contributed by atoms with Crippen LogP contribution in [-0.2, 0) is 12.6 Å². The monoisotopic (exact) mass is 245 g/mol. The van der Waals surface area contributed by atoms with E-state index in [1.165, 1.54) is 17.4 Å². The predicted molar refractivity (Wildman–Crippen MR) is 59.6 cm³/mol. The van der Waals surface area contributed by atoms with E-state index in [9.17, 15) is 13.2 Å². The van der Waals surface area contributed by atoms with E-state index >= 15 is 0 Å². The van der Waals surface area contributed by atoms with Gasteiger partial charge in [-0.1, -0.05) is 12.1 Å². The fraction of sp³-hybridized carbons (Fsp3) is 0.273. The standard InChI is InChI=1S/C11H10F3NS/c12-11(13,14)9-3-1-2-7-6-8(4-5-15)16-10(7)9/h1-3,6H,4-5,15H2. The maximum Gasteiger partial charge on any atom is 0.417 e. The third-order valence-corrected chi connectivity index (χ3v) is 3.54. The SMILES string of the molecule is NCCc1cc2cccc(C(F)(F)F)c2s1. The lowest BCUT2D eigenvalue weighted by Crippen LogP contribution is -2.04. The Labute approximate surface area is 94.7 Å². The molecule has 86 valence electrons. The first-order valence-corrected chi connectivity index (χ1v) is 5.62. The first kappa shape index (κ1) is 11.4. The average molecular weight is 245 g/mol. The maximum absolute atomic E-state index is 12.7. The van der Waals surface area contributed by atoms with Gasteiger partial charge in [0.2, 0.25) is 0 Å². The number of hydrogen-bond donors (Lipinski definition) is 1. The summed E-state index contributed by atoms with van der Waals surface area (Å²) in [5.74, 6) is 0. The smallest absolute Gasteiger partial charge is 0.330 e. The van der Waals surface area contributed by atoms with Crippen LogP contribution >= 0.6 is 11.3 Å². The summed E-state index contributed by atoms with van der Waals surface area (Å²) in [5.41, 5.74) is 4.83. The molecule has 0 saturated carbocycles. The van der Waals surface area contributed by atoms with Crippen molar-refractivity contribution in [3.63, 3.8) is 0 Å². The summed E-state index contributed by atoms with van der Waals surface area (Å²) in [6, 6.07) is 6.03. The van der Waals surface area contributed by atoms with Crippen molar-refractivity contribution in [1.82, 2.24) is 0 Å². The van der Waals surface area contributed by atoms with Gasteiger partial charge in [0.1, 0.15) is 0 Å². The zero-order chi connectivity index (χ0) is 11.8. The van der Waals surface area contributed by atoms with Crippen LogP contribution in [0.3, 0.4) is 0 Å². The number of nitrogens with two attached hydrogens (primary N) is 1. The summed E-state index contributed by atoms with van der Waals surface area (Å²) in [5, 5.41) is 0.642. The van der Waals surface area contributed by atoms with Crippen molar-refractivity contribution < 1.29 is 13.2 Å². The second kappa shape index (κ2) is 4.07. The molecule has 0 aliphatic heterocycles. The summed E-state index contributed by atoms with van der Waals surface area (Å²) in [4.78, 5) is 0.897. The van der Waals surface area contributed by atoms with E-state index in [1.807, 2.05) is 0 Å². The number of thiophene rings is 1. The Morgan fingerprint density at radius 3 is 2.62 bits per heavy atom. The second-order valence-electron chi connectivity index (χ2n) is 3.47. The highest BCUT2D eigenvalue weighted by Gasteiger charge is 2.32. The summed E-state index contributed by atoms with van der Waals surface area (Å²) in [7, 11) is 0. The van der Waals surface area contributed by atoms with Crippen LogP contribution in [0.1, 0.15) is 10.4 Å². The van der Waals surface area contributed by atoms with Crippen LogP contribution in [0.15, 0.2) is 24.3 Å². The molecule has 0 aliphatic rings. The zero-order valence-electron chi connectivity index (χ0n) is 8.34. The van der Waals surface area contributed by atoms with Crippen molar-refractivity contribution in [2.75, 3.05) is 6.54 Å². The highest BCUT2D eigenvalue weighted by molar-refractivity contribution is 7.19. The van der Waals surface area contributed by atoms with Gasteiger partial charge in [0, 0.05) is 9.58 Å². The molecule has 0 amide bonds. The quantitative estimate of drug-likeness (QED) is 0.862. The molecule has 0 saturated heterocycles. The molecule has 1 aromatic heterocycles. The van der Waals surface area contributed by atoms with Gasteiger partial charge in [-0.3, -0.25) is 0 Å². The molecule has 0 bridgehead atoms. The van der Waals surface area contributed by atoms with E-state index in [0.717, 1.165) is 10.9 Å². The molecule has 1 aromatic carbocycles. The summed E-state index contributed by atoms with van der Waals surface area (Å²) in [6.07, 6.45) is -3.67. The molecule has 0 atom stereocenters. The fourth-order valence-electron chi connectivity index (χ4n) is 1.61. The number of alkyl halides is 3. The van der Waals surface area contributed by atoms with Gasteiger partial charge in [-0.15, -0.1) is 11.3 Å². The lowest BCUT2D eigenvalue weighted by molar-refractivity contribution is -0.136. The molecular formula is C11H10F3NS. The Balaban J connectivity index is 2.59. The van der Waals surface area contributed by atoms with Gasteiger partial charge >= 0.3 is 6.18 Å². The topological polar surface area (TPSA) is 26.0 Å². The summed E-state index contributed by atoms with van der Waals surface area (Å²) in [6.45, 7) is 0.453. The number of hydrogen-bond acceptors (Lipinski definition) is 2. The molecule has 0 spiro atoms. The molecular weight excluding hydrogens is 235 g/mol. The van der Waals surface area contributed by atoms with E-state index in [2.05, 4.69) is 0 Å². The average Bonchev–Trinajstić information content (AvgIpc) is 2.58. The first-order chi connectivity index (χ1) is 7.52. The molecule has 2 rings (SSSR count). The molecule has 0 unspecified atom stereocenters. The Kier molecular flexibility index (Phi) is 2.90. The molecule has 1 nitrogen and oxygen atoms in total. The number of benzene rings is 1. The van der Waals surface area contributed by atoms with Gasteiger partial charge in [-0.25, -0.2) is 0 Å². The molecule has 5 heteroatoms. The van der Waals surface area contributed by atoms with Crippen molar-refractivity contribution in [3.8, 4) is 0 Å². The molecule has 0 radical (unpaired) electrons. The summed E-state index contributed by atoms with van der Waals surface area (Å²) < 4.78 is 38.4. The lowest BCUT2D eigenvalue weighted by atomic mass is 10.1. The molecule has 16 heavy (non-hydrogen) atoms. The van der Waals surface area contributed by atoms with Crippen molar-refractivity contribution in [2.24, 2.45) is 5.73 Å². The van der Waals surface area contributed by atoms with Crippen LogP contribution < -0.4 is 5.73 Å². The first-order valence-electron chi connectivity index (χ1n) is 4.81. The van der Waals surface area contributed by atoms with Gasteiger partial charge < -0.3 is 5.73 Å². The van der Waals surface area contributed by atoms with Crippen LogP contribution in [0, 0.1) is 0 Å². The Hall–Kier alpha value is -1.07. The zero-order valence-corrected chi connectivity index (χ0v) is 9.16. The van der Waals surface area contributed by atoms with E-state index in [0.29, 0.717) is 23.1 Å². The Bertz CT molecular complexity index is 501. The van der Waals surface area contributed by atoms with E-state index in [-0.39, 0.29) is 0 Å². The van der Waals surface area contributed by atoms with Crippen molar-refractivity contribution in [1.29, 1.82) is 0 Å². The molecule has 0 aliphatic carbocycles. The largest absolute Gasteiger partial charge is 0.417 e. The van der Waals surface area contributed by atoms with Crippen LogP contribution in [0.5, 0.6) is 0 Å². The van der Waals surface area contributed by atoms with Crippen LogP contribution in [-0.4, -0.2) is 6.54 Å². The molecule has 1 heterocycles. The lowest BCUT2D eigenvalue weighted by Gasteiger charge is -2.06. The van der Waals surface area contributed by atoms with Crippen molar-refractivity contribution in [3.05, 3.63) is 34.7 Å². The van der Waals surface area contributed by atoms with Gasteiger partial charge in [-0.05, 0) is 30.5 Å². The van der Waals surface area contributed by atoms with Crippen LogP contribution in [0.25, 0.3) is 10.1 Å². The maximum atomic E-state index is 12.7. The van der Waals surface area contributed by atoms with Crippen molar-refractivity contribution in [2.45, 2.75) is 12.6 Å². The number of rotatable bonds is 2. The number of fused-ring (bicyclic) bond motifs is 1. The van der Waals surface area contributed by atoms with E-state index < -0.39 is 11.7 Å².